The highest BCUT2D eigenvalue weighted by molar-refractivity contribution is 5.88. The molecule has 8 aliphatic carbocycles. The van der Waals surface area contributed by atoms with Gasteiger partial charge in [-0.1, -0.05) is 45.4 Å². The number of nitrogens with zero attached hydrogens (tertiary/aromatic N) is 1. The molecule has 0 aliphatic heterocycles. The third kappa shape index (κ3) is 5.19. The van der Waals surface area contributed by atoms with E-state index in [1.807, 2.05) is 0 Å². The fourth-order valence-corrected chi connectivity index (χ4v) is 10.3. The third-order valence-electron chi connectivity index (χ3n) is 11.0. The number of hydrogen-bond donors (Lipinski definition) is 0. The number of rotatable bonds is 10. The van der Waals surface area contributed by atoms with E-state index in [1.54, 1.807) is 0 Å². The summed E-state index contributed by atoms with van der Waals surface area (Å²) in [5.41, 5.74) is -0.656. The van der Waals surface area contributed by atoms with E-state index in [1.165, 1.54) is 75.5 Å². The van der Waals surface area contributed by atoms with Crippen LogP contribution in [0.4, 0.5) is 9.59 Å². The second-order valence-corrected chi connectivity index (χ2v) is 14.2. The Hall–Kier alpha value is -1.26. The van der Waals surface area contributed by atoms with Crippen molar-refractivity contribution in [3.05, 3.63) is 0 Å². The van der Waals surface area contributed by atoms with Crippen LogP contribution >= 0.6 is 0 Å². The predicted molar refractivity (Wildman–Crippen MR) is 139 cm³/mol. The fraction of sp³-hybridized carbons (Fsp3) is 0.935. The van der Waals surface area contributed by atoms with Gasteiger partial charge in [0, 0.05) is 6.54 Å². The molecule has 8 fully saturated rings. The lowest BCUT2D eigenvalue weighted by atomic mass is 9.54. The number of amides is 2. The molecule has 0 atom stereocenters. The Morgan fingerprint density at radius 3 is 1.28 bits per heavy atom. The van der Waals surface area contributed by atoms with Crippen molar-refractivity contribution in [2.45, 2.75) is 140 Å². The van der Waals surface area contributed by atoms with Gasteiger partial charge in [-0.25, -0.2) is 14.5 Å². The quantitative estimate of drug-likeness (QED) is 0.284. The lowest BCUT2D eigenvalue weighted by molar-refractivity contribution is -0.143. The zero-order chi connectivity index (χ0) is 24.8. The van der Waals surface area contributed by atoms with E-state index in [-0.39, 0.29) is 11.2 Å². The number of ether oxygens (including phenoxy) is 2. The van der Waals surface area contributed by atoms with Gasteiger partial charge in [0.05, 0.1) is 0 Å². The van der Waals surface area contributed by atoms with Gasteiger partial charge in [-0.15, -0.1) is 0 Å². The van der Waals surface area contributed by atoms with Crippen molar-refractivity contribution in [1.29, 1.82) is 0 Å². The molecule has 5 nitrogen and oxygen atoms in total. The minimum Gasteiger partial charge on any atom is -0.442 e. The second kappa shape index (κ2) is 10.1. The molecule has 0 unspecified atom stereocenters. The van der Waals surface area contributed by atoms with Gasteiger partial charge in [0.25, 0.3) is 0 Å². The Morgan fingerprint density at radius 2 is 0.917 bits per heavy atom. The molecule has 8 aliphatic rings. The van der Waals surface area contributed by atoms with Crippen LogP contribution < -0.4 is 0 Å². The average Bonchev–Trinajstić information content (AvgIpc) is 2.78. The molecule has 0 aromatic carbocycles. The van der Waals surface area contributed by atoms with E-state index in [2.05, 4.69) is 6.92 Å². The summed E-state index contributed by atoms with van der Waals surface area (Å²) in [7, 11) is 0. The number of imide groups is 1. The Morgan fingerprint density at radius 1 is 0.583 bits per heavy atom. The van der Waals surface area contributed by atoms with Crippen LogP contribution in [0, 0.1) is 35.5 Å². The Kier molecular flexibility index (Phi) is 7.05. The molecule has 0 radical (unpaired) electrons. The molecule has 5 heteroatoms. The minimum absolute atomic E-state index is 0.328. The van der Waals surface area contributed by atoms with Gasteiger partial charge in [0.1, 0.15) is 11.2 Å². The average molecular weight is 500 g/mol. The van der Waals surface area contributed by atoms with Gasteiger partial charge in [-0.05, 0) is 119 Å². The molecule has 0 aromatic rings. The first-order chi connectivity index (χ1) is 17.4. The second-order valence-electron chi connectivity index (χ2n) is 14.2. The lowest BCUT2D eigenvalue weighted by Gasteiger charge is -2.56. The van der Waals surface area contributed by atoms with Gasteiger partial charge >= 0.3 is 12.2 Å². The first kappa shape index (κ1) is 25.0. The Labute approximate surface area is 218 Å². The van der Waals surface area contributed by atoms with Gasteiger partial charge in [-0.2, -0.15) is 0 Å². The summed E-state index contributed by atoms with van der Waals surface area (Å²) in [4.78, 5) is 28.7. The monoisotopic (exact) mass is 499 g/mol. The molecule has 0 spiro atoms. The summed E-state index contributed by atoms with van der Waals surface area (Å²) in [6, 6.07) is 0. The van der Waals surface area contributed by atoms with Crippen LogP contribution in [0.2, 0.25) is 0 Å². The minimum atomic E-state index is -0.419. The van der Waals surface area contributed by atoms with E-state index >= 15 is 0 Å². The third-order valence-corrected chi connectivity index (χ3v) is 11.0. The summed E-state index contributed by atoms with van der Waals surface area (Å²) in [5.74, 6) is 4.25. The standard InChI is InChI=1S/C31H49NO4/c1-2-3-4-5-6-7-8-9-32(28(33)35-30-16-22-10-23(17-30)12-24(11-22)18-30)29(34)36-31-19-25-13-26(20-31)15-27(14-25)21-31/h22-27H,2-21H2,1H3. The maximum Gasteiger partial charge on any atom is 0.419 e. The van der Waals surface area contributed by atoms with Crippen molar-refractivity contribution in [3.8, 4) is 0 Å². The predicted octanol–water partition coefficient (Wildman–Crippen LogP) is 8.25. The summed E-state index contributed by atoms with van der Waals surface area (Å²) in [6.07, 6.45) is 21.2. The molecule has 8 saturated carbocycles. The highest BCUT2D eigenvalue weighted by Gasteiger charge is 2.55. The van der Waals surface area contributed by atoms with Crippen molar-refractivity contribution in [2.75, 3.05) is 6.54 Å². The van der Waals surface area contributed by atoms with Crippen LogP contribution in [0.3, 0.4) is 0 Å². The van der Waals surface area contributed by atoms with Gasteiger partial charge in [-0.3, -0.25) is 0 Å². The Bertz CT molecular complexity index is 693. The van der Waals surface area contributed by atoms with E-state index in [0.717, 1.165) is 51.4 Å². The summed E-state index contributed by atoms with van der Waals surface area (Å²) in [6.45, 7) is 2.67. The van der Waals surface area contributed by atoms with E-state index in [4.69, 9.17) is 9.47 Å². The van der Waals surface area contributed by atoms with Gasteiger partial charge < -0.3 is 9.47 Å². The molecule has 0 N–H and O–H groups in total. The number of hydrogen-bond acceptors (Lipinski definition) is 4. The molecule has 202 valence electrons. The van der Waals surface area contributed by atoms with Gasteiger partial charge in [0.2, 0.25) is 0 Å². The Balaban J connectivity index is 1.10. The highest BCUT2D eigenvalue weighted by atomic mass is 16.6. The largest absolute Gasteiger partial charge is 0.442 e. The van der Waals surface area contributed by atoms with Crippen LogP contribution in [0.25, 0.3) is 0 Å². The first-order valence-electron chi connectivity index (χ1n) is 15.7. The van der Waals surface area contributed by atoms with Crippen LogP contribution in [-0.4, -0.2) is 34.8 Å². The van der Waals surface area contributed by atoms with Crippen LogP contribution in [0.1, 0.15) is 129 Å². The SMILES string of the molecule is CCCCCCCCCN(C(=O)OC12CC3CC(CC(C3)C1)C2)C(=O)OC12CC3CC(CC(C3)C1)C2. The zero-order valence-electron chi connectivity index (χ0n) is 22.7. The maximum absolute atomic E-state index is 13.7. The first-order valence-corrected chi connectivity index (χ1v) is 15.7. The van der Waals surface area contributed by atoms with Crippen molar-refractivity contribution in [3.63, 3.8) is 0 Å². The number of carbonyl (C=O) groups is 2. The summed E-state index contributed by atoms with van der Waals surface area (Å²) < 4.78 is 12.7. The zero-order valence-corrected chi connectivity index (χ0v) is 22.7. The molecular formula is C31H49NO4. The molecule has 8 bridgehead atoms. The molecule has 2 amide bonds. The van der Waals surface area contributed by atoms with E-state index in [9.17, 15) is 9.59 Å². The van der Waals surface area contributed by atoms with Gasteiger partial charge in [0.15, 0.2) is 0 Å². The normalized spacial score (nSPS) is 41.5. The summed E-state index contributed by atoms with van der Waals surface area (Å²) >= 11 is 0. The molecular weight excluding hydrogens is 450 g/mol. The van der Waals surface area contributed by atoms with Crippen molar-refractivity contribution in [2.24, 2.45) is 35.5 Å². The van der Waals surface area contributed by atoms with Crippen molar-refractivity contribution < 1.29 is 19.1 Å². The highest BCUT2D eigenvalue weighted by Crippen LogP contribution is 2.58. The fourth-order valence-electron chi connectivity index (χ4n) is 10.3. The maximum atomic E-state index is 13.7. The number of carbonyl (C=O) groups excluding carboxylic acids is 2. The smallest absolute Gasteiger partial charge is 0.419 e. The topological polar surface area (TPSA) is 55.8 Å². The van der Waals surface area contributed by atoms with Crippen LogP contribution in [0.15, 0.2) is 0 Å². The van der Waals surface area contributed by atoms with Crippen molar-refractivity contribution >= 4 is 12.2 Å². The molecule has 0 heterocycles. The molecule has 8 rings (SSSR count). The van der Waals surface area contributed by atoms with Crippen LogP contribution in [0.5, 0.6) is 0 Å². The molecule has 0 saturated heterocycles. The van der Waals surface area contributed by atoms with Crippen molar-refractivity contribution in [1.82, 2.24) is 4.90 Å². The molecule has 36 heavy (non-hydrogen) atoms. The lowest BCUT2D eigenvalue weighted by Crippen LogP contribution is -2.56. The van der Waals surface area contributed by atoms with E-state index in [0.29, 0.717) is 42.1 Å². The summed E-state index contributed by atoms with van der Waals surface area (Å²) in [5, 5.41) is 0. The van der Waals surface area contributed by atoms with E-state index < -0.39 is 12.2 Å². The molecule has 0 aromatic heterocycles. The number of unbranched alkanes of at least 4 members (excludes halogenated alkanes) is 6. The van der Waals surface area contributed by atoms with Crippen LogP contribution in [-0.2, 0) is 9.47 Å².